The molecule has 30 heavy (non-hydrogen) atoms. The van der Waals surface area contributed by atoms with Crippen molar-refractivity contribution in [2.24, 2.45) is 0 Å². The fraction of sp³-hybridized carbons (Fsp3) is 0. The molecule has 0 aromatic heterocycles. The number of anilines is 1. The molecule has 1 N–H and O–H groups in total. The van der Waals surface area contributed by atoms with Gasteiger partial charge in [0.25, 0.3) is 5.91 Å². The first-order valence-electron chi connectivity index (χ1n) is 9.41. The van der Waals surface area contributed by atoms with Crippen molar-refractivity contribution < 1.29 is 4.79 Å². The molecule has 0 atom stereocenters. The van der Waals surface area contributed by atoms with Crippen molar-refractivity contribution in [2.75, 3.05) is 5.32 Å². The summed E-state index contributed by atoms with van der Waals surface area (Å²) in [7, 11) is 0. The van der Waals surface area contributed by atoms with E-state index in [9.17, 15) is 4.79 Å². The molecule has 4 heteroatoms. The number of nitrogens with one attached hydrogen (secondary N) is 1. The van der Waals surface area contributed by atoms with E-state index in [1.807, 2.05) is 42.5 Å². The summed E-state index contributed by atoms with van der Waals surface area (Å²) in [5.74, 6) is -0.237. The van der Waals surface area contributed by atoms with E-state index in [2.05, 4.69) is 23.5 Å². The smallest absolute Gasteiger partial charge is 0.255 e. The van der Waals surface area contributed by atoms with Crippen LogP contribution in [0.15, 0.2) is 97.1 Å². The van der Waals surface area contributed by atoms with E-state index in [0.29, 0.717) is 21.8 Å². The second kappa shape index (κ2) is 8.65. The zero-order valence-electron chi connectivity index (χ0n) is 16.0. The molecule has 0 fully saturated rings. The third-order valence-corrected chi connectivity index (χ3v) is 5.13. The van der Waals surface area contributed by atoms with Crippen molar-refractivity contribution in [3.63, 3.8) is 0 Å². The zero-order valence-corrected chi connectivity index (χ0v) is 16.7. The van der Waals surface area contributed by atoms with Crippen LogP contribution >= 0.6 is 11.6 Å². The average Bonchev–Trinajstić information content (AvgIpc) is 2.80. The van der Waals surface area contributed by atoms with Crippen LogP contribution in [0.4, 0.5) is 5.69 Å². The number of rotatable bonds is 4. The summed E-state index contributed by atoms with van der Waals surface area (Å²) >= 11 is 6.42. The minimum Gasteiger partial charge on any atom is -0.322 e. The summed E-state index contributed by atoms with van der Waals surface area (Å²) in [6, 6.07) is 32.3. The Balaban J connectivity index is 1.58. The maximum Gasteiger partial charge on any atom is 0.255 e. The van der Waals surface area contributed by atoms with Crippen LogP contribution in [0.2, 0.25) is 5.02 Å². The predicted octanol–water partition coefficient (Wildman–Crippen LogP) is 6.80. The summed E-state index contributed by atoms with van der Waals surface area (Å²) in [5, 5.41) is 12.3. The highest BCUT2D eigenvalue weighted by atomic mass is 35.5. The lowest BCUT2D eigenvalue weighted by atomic mass is 9.99. The number of nitrogens with zero attached hydrogens (tertiary/aromatic N) is 1. The largest absolute Gasteiger partial charge is 0.322 e. The monoisotopic (exact) mass is 408 g/mol. The van der Waals surface area contributed by atoms with Crippen LogP contribution in [0.1, 0.15) is 15.9 Å². The van der Waals surface area contributed by atoms with E-state index >= 15 is 0 Å². The third-order valence-electron chi connectivity index (χ3n) is 4.80. The molecular formula is C26H17ClN2O. The fourth-order valence-corrected chi connectivity index (χ4v) is 3.42. The fourth-order valence-electron chi connectivity index (χ4n) is 3.19. The van der Waals surface area contributed by atoms with Crippen LogP contribution in [0, 0.1) is 11.3 Å². The Hall–Kier alpha value is -3.87. The molecular weight excluding hydrogens is 392 g/mol. The molecule has 1 amide bonds. The standard InChI is InChI=1S/C26H17ClN2O/c27-25-15-12-22(26(30)29-23-13-6-18(17-28)7-14-23)16-24(25)21-10-8-20(9-11-21)19-4-2-1-3-5-19/h1-16H,(H,29,30). The molecule has 0 saturated carbocycles. The number of hydrogen-bond donors (Lipinski definition) is 1. The molecule has 0 heterocycles. The third kappa shape index (κ3) is 4.25. The van der Waals surface area contributed by atoms with Crippen molar-refractivity contribution in [3.8, 4) is 28.3 Å². The molecule has 3 nitrogen and oxygen atoms in total. The van der Waals surface area contributed by atoms with Gasteiger partial charge in [-0.2, -0.15) is 5.26 Å². The van der Waals surface area contributed by atoms with E-state index in [1.54, 1.807) is 42.5 Å². The number of amides is 1. The lowest BCUT2D eigenvalue weighted by Gasteiger charge is -2.10. The Morgan fingerprint density at radius 2 is 1.40 bits per heavy atom. The first-order chi connectivity index (χ1) is 14.6. The Morgan fingerprint density at radius 1 is 0.767 bits per heavy atom. The summed E-state index contributed by atoms with van der Waals surface area (Å²) in [4.78, 5) is 12.7. The molecule has 4 aromatic carbocycles. The van der Waals surface area contributed by atoms with Gasteiger partial charge in [-0.3, -0.25) is 4.79 Å². The van der Waals surface area contributed by atoms with E-state index in [1.165, 1.54) is 0 Å². The highest BCUT2D eigenvalue weighted by molar-refractivity contribution is 6.33. The van der Waals surface area contributed by atoms with E-state index in [-0.39, 0.29) is 5.91 Å². The Morgan fingerprint density at radius 3 is 2.07 bits per heavy atom. The van der Waals surface area contributed by atoms with Gasteiger partial charge in [-0.15, -0.1) is 0 Å². The summed E-state index contributed by atoms with van der Waals surface area (Å²) in [6.45, 7) is 0. The summed E-state index contributed by atoms with van der Waals surface area (Å²) in [5.41, 5.74) is 5.67. The Kier molecular flexibility index (Phi) is 5.61. The van der Waals surface area contributed by atoms with Crippen LogP contribution in [0.25, 0.3) is 22.3 Å². The molecule has 0 saturated heterocycles. The van der Waals surface area contributed by atoms with Crippen LogP contribution in [-0.2, 0) is 0 Å². The minimum atomic E-state index is -0.237. The molecule has 144 valence electrons. The summed E-state index contributed by atoms with van der Waals surface area (Å²) in [6.07, 6.45) is 0. The molecule has 4 rings (SSSR count). The molecule has 0 bridgehead atoms. The topological polar surface area (TPSA) is 52.9 Å². The maximum absolute atomic E-state index is 12.7. The molecule has 0 unspecified atom stereocenters. The average molecular weight is 409 g/mol. The van der Waals surface area contributed by atoms with Crippen molar-refractivity contribution in [1.29, 1.82) is 5.26 Å². The molecule has 0 aliphatic rings. The first kappa shape index (κ1) is 19.4. The molecule has 4 aromatic rings. The van der Waals surface area contributed by atoms with Crippen molar-refractivity contribution in [2.45, 2.75) is 0 Å². The SMILES string of the molecule is N#Cc1ccc(NC(=O)c2ccc(Cl)c(-c3ccc(-c4ccccc4)cc3)c2)cc1. The molecule has 0 aliphatic carbocycles. The van der Waals surface area contributed by atoms with Crippen LogP contribution < -0.4 is 5.32 Å². The van der Waals surface area contributed by atoms with Gasteiger partial charge < -0.3 is 5.32 Å². The van der Waals surface area contributed by atoms with Crippen molar-refractivity contribution >= 4 is 23.2 Å². The summed E-state index contributed by atoms with van der Waals surface area (Å²) < 4.78 is 0. The van der Waals surface area contributed by atoms with Gasteiger partial charge in [-0.05, 0) is 59.2 Å². The first-order valence-corrected chi connectivity index (χ1v) is 9.79. The van der Waals surface area contributed by atoms with E-state index < -0.39 is 0 Å². The van der Waals surface area contributed by atoms with Crippen molar-refractivity contribution in [1.82, 2.24) is 0 Å². The van der Waals surface area contributed by atoms with E-state index in [0.717, 1.165) is 22.3 Å². The number of hydrogen-bond acceptors (Lipinski definition) is 2. The van der Waals surface area contributed by atoms with Gasteiger partial charge in [0.05, 0.1) is 11.6 Å². The van der Waals surface area contributed by atoms with Gasteiger partial charge in [0.15, 0.2) is 0 Å². The number of carbonyl (C=O) groups is 1. The number of nitriles is 1. The Labute approximate surface area is 180 Å². The van der Waals surface area contributed by atoms with Gasteiger partial charge in [-0.25, -0.2) is 0 Å². The van der Waals surface area contributed by atoms with Crippen LogP contribution in [-0.4, -0.2) is 5.91 Å². The molecule has 0 aliphatic heterocycles. The second-order valence-corrected chi connectivity index (χ2v) is 7.19. The number of benzene rings is 4. The highest BCUT2D eigenvalue weighted by Crippen LogP contribution is 2.31. The van der Waals surface area contributed by atoms with Gasteiger partial charge in [0, 0.05) is 21.8 Å². The van der Waals surface area contributed by atoms with Gasteiger partial charge in [-0.1, -0.05) is 66.2 Å². The van der Waals surface area contributed by atoms with Crippen LogP contribution in [0.3, 0.4) is 0 Å². The van der Waals surface area contributed by atoms with Crippen molar-refractivity contribution in [3.05, 3.63) is 113 Å². The predicted molar refractivity (Wildman–Crippen MR) is 121 cm³/mol. The molecule has 0 spiro atoms. The lowest BCUT2D eigenvalue weighted by Crippen LogP contribution is -2.11. The maximum atomic E-state index is 12.7. The normalized spacial score (nSPS) is 10.3. The van der Waals surface area contributed by atoms with Gasteiger partial charge in [0.1, 0.15) is 0 Å². The highest BCUT2D eigenvalue weighted by Gasteiger charge is 2.11. The van der Waals surface area contributed by atoms with Gasteiger partial charge in [0.2, 0.25) is 0 Å². The van der Waals surface area contributed by atoms with Crippen LogP contribution in [0.5, 0.6) is 0 Å². The van der Waals surface area contributed by atoms with Gasteiger partial charge >= 0.3 is 0 Å². The minimum absolute atomic E-state index is 0.237. The number of carbonyl (C=O) groups excluding carboxylic acids is 1. The van der Waals surface area contributed by atoms with E-state index in [4.69, 9.17) is 16.9 Å². The zero-order chi connectivity index (χ0) is 20.9. The molecule has 0 radical (unpaired) electrons. The quantitative estimate of drug-likeness (QED) is 0.403. The Bertz CT molecular complexity index is 1230. The second-order valence-electron chi connectivity index (χ2n) is 6.78. The lowest BCUT2D eigenvalue weighted by molar-refractivity contribution is 0.102. The number of halogens is 1.